The summed E-state index contributed by atoms with van der Waals surface area (Å²) >= 11 is 0. The van der Waals surface area contributed by atoms with Crippen molar-refractivity contribution < 1.29 is 14.3 Å². The molecule has 1 aromatic rings. The van der Waals surface area contributed by atoms with Crippen LogP contribution in [-0.2, 0) is 0 Å². The SMILES string of the molecule is Cc1cc(=O)c(O)c(C(N)=O)o1. The van der Waals surface area contributed by atoms with Gasteiger partial charge in [-0.05, 0) is 6.92 Å². The monoisotopic (exact) mass is 169 g/mol. The molecule has 0 saturated heterocycles. The molecule has 1 heterocycles. The van der Waals surface area contributed by atoms with Crippen molar-refractivity contribution in [3.05, 3.63) is 27.8 Å². The van der Waals surface area contributed by atoms with E-state index in [1.807, 2.05) is 0 Å². The average molecular weight is 169 g/mol. The first kappa shape index (κ1) is 8.32. The molecule has 0 aliphatic rings. The lowest BCUT2D eigenvalue weighted by Gasteiger charge is -1.98. The van der Waals surface area contributed by atoms with Crippen LogP contribution in [0.25, 0.3) is 0 Å². The van der Waals surface area contributed by atoms with E-state index in [1.165, 1.54) is 6.92 Å². The lowest BCUT2D eigenvalue weighted by atomic mass is 10.3. The summed E-state index contributed by atoms with van der Waals surface area (Å²) in [5, 5.41) is 8.99. The number of carbonyl (C=O) groups excluding carboxylic acids is 1. The van der Waals surface area contributed by atoms with Crippen molar-refractivity contribution in [2.45, 2.75) is 6.92 Å². The van der Waals surface area contributed by atoms with Crippen molar-refractivity contribution in [1.82, 2.24) is 0 Å². The van der Waals surface area contributed by atoms with E-state index in [-0.39, 0.29) is 5.76 Å². The van der Waals surface area contributed by atoms with Gasteiger partial charge in [0.1, 0.15) is 5.76 Å². The lowest BCUT2D eigenvalue weighted by molar-refractivity contribution is 0.0965. The molecule has 0 fully saturated rings. The van der Waals surface area contributed by atoms with Crippen molar-refractivity contribution in [1.29, 1.82) is 0 Å². The Morgan fingerprint density at radius 1 is 1.67 bits per heavy atom. The van der Waals surface area contributed by atoms with Gasteiger partial charge in [-0.3, -0.25) is 9.59 Å². The number of aromatic hydroxyl groups is 1. The standard InChI is InChI=1S/C7H7NO4/c1-3-2-4(9)5(10)6(12-3)7(8)11/h2,10H,1H3,(H2,8,11). The highest BCUT2D eigenvalue weighted by molar-refractivity contribution is 5.92. The van der Waals surface area contributed by atoms with Crippen LogP contribution < -0.4 is 11.2 Å². The Bertz CT molecular complexity index is 379. The highest BCUT2D eigenvalue weighted by Crippen LogP contribution is 2.11. The Morgan fingerprint density at radius 3 is 2.75 bits per heavy atom. The third-order valence-electron chi connectivity index (χ3n) is 1.27. The van der Waals surface area contributed by atoms with Crippen LogP contribution in [0.2, 0.25) is 0 Å². The molecule has 5 heteroatoms. The minimum Gasteiger partial charge on any atom is -0.501 e. The topological polar surface area (TPSA) is 93.5 Å². The molecule has 0 aliphatic heterocycles. The number of nitrogens with two attached hydrogens (primary N) is 1. The maximum Gasteiger partial charge on any atom is 0.288 e. The van der Waals surface area contributed by atoms with E-state index >= 15 is 0 Å². The van der Waals surface area contributed by atoms with Crippen LogP contribution in [0.1, 0.15) is 16.3 Å². The van der Waals surface area contributed by atoms with E-state index in [0.717, 1.165) is 6.07 Å². The number of rotatable bonds is 1. The van der Waals surface area contributed by atoms with Gasteiger partial charge in [-0.1, -0.05) is 0 Å². The highest BCUT2D eigenvalue weighted by atomic mass is 16.4. The molecule has 0 bridgehead atoms. The third-order valence-corrected chi connectivity index (χ3v) is 1.27. The Morgan fingerprint density at radius 2 is 2.25 bits per heavy atom. The van der Waals surface area contributed by atoms with Crippen molar-refractivity contribution in [3.63, 3.8) is 0 Å². The van der Waals surface area contributed by atoms with E-state index in [9.17, 15) is 9.59 Å². The lowest BCUT2D eigenvalue weighted by Crippen LogP contribution is -2.15. The molecule has 0 unspecified atom stereocenters. The fourth-order valence-corrected chi connectivity index (χ4v) is 0.771. The van der Waals surface area contributed by atoms with Crippen LogP contribution in [0.5, 0.6) is 5.75 Å². The van der Waals surface area contributed by atoms with E-state index < -0.39 is 22.8 Å². The maximum absolute atomic E-state index is 10.8. The van der Waals surface area contributed by atoms with E-state index in [4.69, 9.17) is 15.3 Å². The minimum absolute atomic E-state index is 0.228. The van der Waals surface area contributed by atoms with Crippen molar-refractivity contribution in [3.8, 4) is 5.75 Å². The summed E-state index contributed by atoms with van der Waals surface area (Å²) in [7, 11) is 0. The van der Waals surface area contributed by atoms with E-state index in [1.54, 1.807) is 0 Å². The molecule has 1 aromatic heterocycles. The number of hydrogen-bond acceptors (Lipinski definition) is 4. The van der Waals surface area contributed by atoms with Crippen molar-refractivity contribution >= 4 is 5.91 Å². The average Bonchev–Trinajstić information content (AvgIpc) is 1.96. The fourth-order valence-electron chi connectivity index (χ4n) is 0.771. The van der Waals surface area contributed by atoms with Gasteiger partial charge >= 0.3 is 0 Å². The summed E-state index contributed by atoms with van der Waals surface area (Å²) in [4.78, 5) is 21.4. The van der Waals surface area contributed by atoms with Crippen LogP contribution in [0.4, 0.5) is 0 Å². The molecule has 0 spiro atoms. The second kappa shape index (κ2) is 2.69. The Labute approximate surface area is 67.4 Å². The van der Waals surface area contributed by atoms with Gasteiger partial charge in [0.2, 0.25) is 16.9 Å². The molecular weight excluding hydrogens is 162 g/mol. The van der Waals surface area contributed by atoms with Crippen molar-refractivity contribution in [2.75, 3.05) is 0 Å². The molecule has 0 atom stereocenters. The third kappa shape index (κ3) is 1.29. The second-order valence-corrected chi connectivity index (χ2v) is 2.26. The molecule has 5 nitrogen and oxygen atoms in total. The molecule has 1 amide bonds. The van der Waals surface area contributed by atoms with Crippen LogP contribution in [0.15, 0.2) is 15.3 Å². The summed E-state index contributed by atoms with van der Waals surface area (Å²) in [5.74, 6) is -1.98. The summed E-state index contributed by atoms with van der Waals surface area (Å²) in [6.07, 6.45) is 0. The van der Waals surface area contributed by atoms with Gasteiger partial charge < -0.3 is 15.3 Å². The Hall–Kier alpha value is -1.78. The van der Waals surface area contributed by atoms with Crippen LogP contribution in [-0.4, -0.2) is 11.0 Å². The quantitative estimate of drug-likeness (QED) is 0.606. The van der Waals surface area contributed by atoms with E-state index in [2.05, 4.69) is 0 Å². The largest absolute Gasteiger partial charge is 0.501 e. The summed E-state index contributed by atoms with van der Waals surface area (Å²) < 4.78 is 4.73. The predicted molar refractivity (Wildman–Crippen MR) is 39.9 cm³/mol. The van der Waals surface area contributed by atoms with Gasteiger partial charge in [0.15, 0.2) is 0 Å². The van der Waals surface area contributed by atoms with Gasteiger partial charge in [0.05, 0.1) is 0 Å². The smallest absolute Gasteiger partial charge is 0.288 e. The van der Waals surface area contributed by atoms with Gasteiger partial charge in [-0.25, -0.2) is 0 Å². The molecular formula is C7H7NO4. The number of amides is 1. The second-order valence-electron chi connectivity index (χ2n) is 2.26. The summed E-state index contributed by atoms with van der Waals surface area (Å²) in [6.45, 7) is 1.48. The fraction of sp³-hybridized carbons (Fsp3) is 0.143. The highest BCUT2D eigenvalue weighted by Gasteiger charge is 2.13. The zero-order valence-electron chi connectivity index (χ0n) is 6.33. The Kier molecular flexibility index (Phi) is 1.86. The number of primary amides is 1. The first-order valence-corrected chi connectivity index (χ1v) is 3.16. The van der Waals surface area contributed by atoms with Crippen molar-refractivity contribution in [2.24, 2.45) is 5.73 Å². The zero-order chi connectivity index (χ0) is 9.30. The first-order valence-electron chi connectivity index (χ1n) is 3.16. The molecule has 0 aromatic carbocycles. The summed E-state index contributed by atoms with van der Waals surface area (Å²) in [6, 6.07) is 1.07. The number of aryl methyl sites for hydroxylation is 1. The molecule has 0 saturated carbocycles. The van der Waals surface area contributed by atoms with Gasteiger partial charge in [0.25, 0.3) is 5.91 Å². The minimum atomic E-state index is -0.965. The number of carbonyl (C=O) groups is 1. The molecule has 0 aliphatic carbocycles. The maximum atomic E-state index is 10.8. The normalized spacial score (nSPS) is 9.75. The molecule has 3 N–H and O–H groups in total. The summed E-state index contributed by atoms with van der Waals surface area (Å²) in [5.41, 5.74) is 4.15. The first-order chi connectivity index (χ1) is 5.52. The predicted octanol–water partition coefficient (Wildman–Crippen LogP) is -0.247. The molecule has 0 radical (unpaired) electrons. The van der Waals surface area contributed by atoms with Gasteiger partial charge in [-0.15, -0.1) is 0 Å². The van der Waals surface area contributed by atoms with Gasteiger partial charge in [-0.2, -0.15) is 0 Å². The molecule has 12 heavy (non-hydrogen) atoms. The van der Waals surface area contributed by atoms with Crippen LogP contribution in [0.3, 0.4) is 0 Å². The van der Waals surface area contributed by atoms with Gasteiger partial charge in [0, 0.05) is 6.07 Å². The zero-order valence-corrected chi connectivity index (χ0v) is 6.33. The molecule has 64 valence electrons. The molecule has 1 rings (SSSR count). The van der Waals surface area contributed by atoms with Crippen LogP contribution in [0, 0.1) is 6.92 Å². The van der Waals surface area contributed by atoms with E-state index in [0.29, 0.717) is 0 Å². The van der Waals surface area contributed by atoms with Crippen LogP contribution >= 0.6 is 0 Å². The number of hydrogen-bond donors (Lipinski definition) is 2. The Balaban J connectivity index is 3.48.